The first-order valence-electron chi connectivity index (χ1n) is 8.46. The van der Waals surface area contributed by atoms with Crippen molar-refractivity contribution in [2.75, 3.05) is 31.1 Å². The van der Waals surface area contributed by atoms with Gasteiger partial charge in [0.1, 0.15) is 5.52 Å². The Morgan fingerprint density at radius 1 is 1.08 bits per heavy atom. The number of nitrogens with zero attached hydrogens (tertiary/aromatic N) is 5. The lowest BCUT2D eigenvalue weighted by atomic mass is 10.3. The Bertz CT molecular complexity index is 779. The van der Waals surface area contributed by atoms with E-state index < -0.39 is 0 Å². The molecule has 1 fully saturated rings. The highest BCUT2D eigenvalue weighted by Gasteiger charge is 2.20. The van der Waals surface area contributed by atoms with Gasteiger partial charge in [-0.1, -0.05) is 24.2 Å². The molecular weight excluding hydrogens is 306 g/mol. The largest absolute Gasteiger partial charge is 0.423 e. The van der Waals surface area contributed by atoms with Crippen LogP contribution in [-0.4, -0.2) is 46.2 Å². The number of anilines is 1. The van der Waals surface area contributed by atoms with Gasteiger partial charge in [-0.25, -0.2) is 0 Å². The number of rotatable bonds is 4. The quantitative estimate of drug-likeness (QED) is 0.729. The van der Waals surface area contributed by atoms with E-state index in [1.165, 1.54) is 0 Å². The number of aromatic nitrogens is 3. The standard InChI is InChI=1S/C17H21N5O2/c1-2-16-19-15(20-24-16)12-21-8-5-9-22(11-10-21)17-18-13-6-3-4-7-14(13)23-17/h3-4,6-7H,2,5,8-12H2,1H3. The Kier molecular flexibility index (Phi) is 4.17. The summed E-state index contributed by atoms with van der Waals surface area (Å²) in [5.41, 5.74) is 1.75. The molecule has 1 aromatic carbocycles. The summed E-state index contributed by atoms with van der Waals surface area (Å²) in [5.74, 6) is 1.47. The predicted octanol–water partition coefficient (Wildman–Crippen LogP) is 2.49. The molecule has 24 heavy (non-hydrogen) atoms. The van der Waals surface area contributed by atoms with E-state index in [0.717, 1.165) is 62.5 Å². The van der Waals surface area contributed by atoms with Crippen molar-refractivity contribution in [3.63, 3.8) is 0 Å². The Hall–Kier alpha value is -2.41. The average molecular weight is 327 g/mol. The molecule has 0 amide bonds. The number of fused-ring (bicyclic) bond motifs is 1. The van der Waals surface area contributed by atoms with Gasteiger partial charge in [0, 0.05) is 32.6 Å². The van der Waals surface area contributed by atoms with Gasteiger partial charge in [-0.3, -0.25) is 4.90 Å². The summed E-state index contributed by atoms with van der Waals surface area (Å²) < 4.78 is 11.1. The van der Waals surface area contributed by atoms with E-state index in [-0.39, 0.29) is 0 Å². The topological polar surface area (TPSA) is 71.4 Å². The zero-order chi connectivity index (χ0) is 16.4. The van der Waals surface area contributed by atoms with E-state index in [0.29, 0.717) is 11.9 Å². The third-order valence-electron chi connectivity index (χ3n) is 4.32. The van der Waals surface area contributed by atoms with Crippen LogP contribution in [0, 0.1) is 0 Å². The minimum Gasteiger partial charge on any atom is -0.423 e. The lowest BCUT2D eigenvalue weighted by molar-refractivity contribution is 0.271. The van der Waals surface area contributed by atoms with Crippen molar-refractivity contribution in [1.82, 2.24) is 20.0 Å². The smallest absolute Gasteiger partial charge is 0.298 e. The average Bonchev–Trinajstić information content (AvgIpc) is 3.17. The maximum atomic E-state index is 5.89. The summed E-state index contributed by atoms with van der Waals surface area (Å²) in [6, 6.07) is 8.60. The lowest BCUT2D eigenvalue weighted by Crippen LogP contribution is -2.30. The first-order chi connectivity index (χ1) is 11.8. The number of oxazole rings is 1. The van der Waals surface area contributed by atoms with Crippen molar-refractivity contribution in [3.8, 4) is 0 Å². The van der Waals surface area contributed by atoms with Gasteiger partial charge in [0.25, 0.3) is 6.01 Å². The minimum absolute atomic E-state index is 0.702. The van der Waals surface area contributed by atoms with Crippen LogP contribution in [0.25, 0.3) is 11.1 Å². The molecule has 0 aliphatic carbocycles. The molecule has 3 aromatic rings. The molecule has 0 bridgehead atoms. The molecule has 126 valence electrons. The molecule has 0 spiro atoms. The van der Waals surface area contributed by atoms with Crippen molar-refractivity contribution in [3.05, 3.63) is 36.0 Å². The summed E-state index contributed by atoms with van der Waals surface area (Å²) in [7, 11) is 0. The van der Waals surface area contributed by atoms with Gasteiger partial charge < -0.3 is 13.8 Å². The summed E-state index contributed by atoms with van der Waals surface area (Å²) in [5, 5.41) is 4.05. The minimum atomic E-state index is 0.702. The second-order valence-electron chi connectivity index (χ2n) is 6.04. The van der Waals surface area contributed by atoms with Crippen LogP contribution in [0.1, 0.15) is 25.1 Å². The van der Waals surface area contributed by atoms with Crippen molar-refractivity contribution in [1.29, 1.82) is 0 Å². The SMILES string of the molecule is CCc1nc(CN2CCCN(c3nc4ccccc4o3)CC2)no1. The molecule has 4 rings (SSSR count). The zero-order valence-electron chi connectivity index (χ0n) is 13.8. The summed E-state index contributed by atoms with van der Waals surface area (Å²) in [6.07, 6.45) is 1.83. The molecule has 3 heterocycles. The van der Waals surface area contributed by atoms with E-state index in [9.17, 15) is 0 Å². The molecule has 0 radical (unpaired) electrons. The number of para-hydroxylation sites is 2. The molecule has 7 heteroatoms. The van der Waals surface area contributed by atoms with Crippen molar-refractivity contribution in [2.24, 2.45) is 0 Å². The van der Waals surface area contributed by atoms with Crippen LogP contribution in [0.2, 0.25) is 0 Å². The van der Waals surface area contributed by atoms with Crippen molar-refractivity contribution < 1.29 is 8.94 Å². The van der Waals surface area contributed by atoms with E-state index in [4.69, 9.17) is 8.94 Å². The van der Waals surface area contributed by atoms with Crippen molar-refractivity contribution >= 4 is 17.1 Å². The van der Waals surface area contributed by atoms with Crippen LogP contribution >= 0.6 is 0 Å². The fourth-order valence-corrected chi connectivity index (χ4v) is 3.01. The molecule has 0 saturated carbocycles. The van der Waals surface area contributed by atoms with Crippen LogP contribution in [0.5, 0.6) is 0 Å². The Morgan fingerprint density at radius 3 is 2.83 bits per heavy atom. The fraction of sp³-hybridized carbons (Fsp3) is 0.471. The molecule has 1 saturated heterocycles. The molecule has 0 N–H and O–H groups in total. The lowest BCUT2D eigenvalue weighted by Gasteiger charge is -2.19. The Labute approximate surface area is 140 Å². The van der Waals surface area contributed by atoms with Gasteiger partial charge in [-0.2, -0.15) is 9.97 Å². The second-order valence-corrected chi connectivity index (χ2v) is 6.04. The third-order valence-corrected chi connectivity index (χ3v) is 4.32. The number of hydrogen-bond donors (Lipinski definition) is 0. The third kappa shape index (κ3) is 3.12. The number of benzene rings is 1. The molecule has 7 nitrogen and oxygen atoms in total. The van der Waals surface area contributed by atoms with Gasteiger partial charge in [0.05, 0.1) is 6.54 Å². The Balaban J connectivity index is 1.42. The predicted molar refractivity (Wildman–Crippen MR) is 89.8 cm³/mol. The highest BCUT2D eigenvalue weighted by molar-refractivity contribution is 5.74. The van der Waals surface area contributed by atoms with Crippen LogP contribution in [0.4, 0.5) is 6.01 Å². The number of hydrogen-bond acceptors (Lipinski definition) is 7. The molecule has 2 aromatic heterocycles. The monoisotopic (exact) mass is 327 g/mol. The maximum Gasteiger partial charge on any atom is 0.298 e. The van der Waals surface area contributed by atoms with Crippen LogP contribution in [-0.2, 0) is 13.0 Å². The van der Waals surface area contributed by atoms with Crippen LogP contribution in [0.3, 0.4) is 0 Å². The summed E-state index contributed by atoms with van der Waals surface area (Å²) in [6.45, 7) is 6.49. The molecule has 1 aliphatic rings. The molecule has 0 atom stereocenters. The Morgan fingerprint density at radius 2 is 2.00 bits per heavy atom. The van der Waals surface area contributed by atoms with Crippen molar-refractivity contribution in [2.45, 2.75) is 26.3 Å². The van der Waals surface area contributed by atoms with Gasteiger partial charge in [0.15, 0.2) is 11.4 Å². The normalized spacial score (nSPS) is 16.6. The van der Waals surface area contributed by atoms with Crippen LogP contribution in [0.15, 0.2) is 33.2 Å². The highest BCUT2D eigenvalue weighted by Crippen LogP contribution is 2.22. The fourth-order valence-electron chi connectivity index (χ4n) is 3.01. The molecule has 1 aliphatic heterocycles. The maximum absolute atomic E-state index is 5.89. The van der Waals surface area contributed by atoms with E-state index in [2.05, 4.69) is 24.9 Å². The van der Waals surface area contributed by atoms with E-state index >= 15 is 0 Å². The number of aryl methyl sites for hydroxylation is 1. The van der Waals surface area contributed by atoms with Gasteiger partial charge in [-0.15, -0.1) is 0 Å². The molecule has 0 unspecified atom stereocenters. The van der Waals surface area contributed by atoms with Crippen LogP contribution < -0.4 is 4.90 Å². The summed E-state index contributed by atoms with van der Waals surface area (Å²) in [4.78, 5) is 13.6. The zero-order valence-corrected chi connectivity index (χ0v) is 13.8. The second kappa shape index (κ2) is 6.60. The summed E-state index contributed by atoms with van der Waals surface area (Å²) >= 11 is 0. The highest BCUT2D eigenvalue weighted by atomic mass is 16.5. The van der Waals surface area contributed by atoms with E-state index in [1.807, 2.05) is 31.2 Å². The van der Waals surface area contributed by atoms with Gasteiger partial charge >= 0.3 is 0 Å². The van der Waals surface area contributed by atoms with Gasteiger partial charge in [0.2, 0.25) is 5.89 Å². The first-order valence-corrected chi connectivity index (χ1v) is 8.46. The van der Waals surface area contributed by atoms with Gasteiger partial charge in [-0.05, 0) is 18.6 Å². The molecular formula is C17H21N5O2. The first kappa shape index (κ1) is 15.1. The van der Waals surface area contributed by atoms with E-state index in [1.54, 1.807) is 0 Å².